The summed E-state index contributed by atoms with van der Waals surface area (Å²) in [6, 6.07) is 7.36. The molecule has 1 unspecified atom stereocenters. The smallest absolute Gasteiger partial charge is 0.123 e. The van der Waals surface area contributed by atoms with Crippen molar-refractivity contribution in [2.45, 2.75) is 12.5 Å². The second kappa shape index (κ2) is 4.09. The zero-order valence-corrected chi connectivity index (χ0v) is 8.39. The topological polar surface area (TPSA) is 61.3 Å². The Morgan fingerprint density at radius 3 is 2.53 bits per heavy atom. The molecule has 4 N–H and O–H groups in total. The molecule has 0 spiro atoms. The van der Waals surface area contributed by atoms with Gasteiger partial charge in [-0.05, 0) is 36.4 Å². The number of benzene rings is 1. The first-order valence-corrected chi connectivity index (χ1v) is 4.90. The van der Waals surface area contributed by atoms with Crippen LogP contribution >= 0.6 is 0 Å². The molecule has 15 heavy (non-hydrogen) atoms. The number of ether oxygens (including phenoxy) is 1. The van der Waals surface area contributed by atoms with Crippen LogP contribution in [-0.4, -0.2) is 6.10 Å². The molecule has 1 atom stereocenters. The van der Waals surface area contributed by atoms with E-state index in [-0.39, 0.29) is 6.10 Å². The van der Waals surface area contributed by atoms with Gasteiger partial charge in [-0.15, -0.1) is 0 Å². The van der Waals surface area contributed by atoms with E-state index >= 15 is 0 Å². The van der Waals surface area contributed by atoms with E-state index in [0.717, 1.165) is 23.6 Å². The predicted octanol–water partition coefficient (Wildman–Crippen LogP) is 1.82. The lowest BCUT2D eigenvalue weighted by Crippen LogP contribution is -2.17. The molecular formula is C12H14N2O. The summed E-state index contributed by atoms with van der Waals surface area (Å²) in [5.74, 6) is 0.813. The van der Waals surface area contributed by atoms with Gasteiger partial charge in [0.1, 0.15) is 11.9 Å². The molecule has 0 amide bonds. The highest BCUT2D eigenvalue weighted by atomic mass is 16.5. The lowest BCUT2D eigenvalue weighted by atomic mass is 10.1. The van der Waals surface area contributed by atoms with E-state index in [0.29, 0.717) is 0 Å². The molecule has 1 aliphatic carbocycles. The van der Waals surface area contributed by atoms with Crippen LogP contribution in [0.3, 0.4) is 0 Å². The Morgan fingerprint density at radius 2 is 1.87 bits per heavy atom. The van der Waals surface area contributed by atoms with Gasteiger partial charge in [0.15, 0.2) is 0 Å². The van der Waals surface area contributed by atoms with Crippen LogP contribution in [0.4, 0.5) is 5.69 Å². The second-order valence-corrected chi connectivity index (χ2v) is 3.53. The minimum absolute atomic E-state index is 0.0265. The fraction of sp³-hybridized carbons (Fsp3) is 0.167. The third-order valence-electron chi connectivity index (χ3n) is 2.22. The number of nitrogen functional groups attached to an aromatic ring is 1. The highest BCUT2D eigenvalue weighted by Crippen LogP contribution is 2.18. The molecule has 0 bridgehead atoms. The Bertz CT molecular complexity index is 393. The molecule has 78 valence electrons. The number of hydrogen-bond donors (Lipinski definition) is 2. The summed E-state index contributed by atoms with van der Waals surface area (Å²) in [7, 11) is 0. The van der Waals surface area contributed by atoms with Crippen LogP contribution < -0.4 is 16.2 Å². The Kier molecular flexibility index (Phi) is 2.63. The van der Waals surface area contributed by atoms with Crippen molar-refractivity contribution in [3.05, 3.63) is 48.2 Å². The minimum Gasteiger partial charge on any atom is -0.486 e. The van der Waals surface area contributed by atoms with E-state index in [9.17, 15) is 0 Å². The summed E-state index contributed by atoms with van der Waals surface area (Å²) in [4.78, 5) is 0. The van der Waals surface area contributed by atoms with Gasteiger partial charge < -0.3 is 16.2 Å². The molecule has 2 rings (SSSR count). The fourth-order valence-corrected chi connectivity index (χ4v) is 1.48. The zero-order valence-electron chi connectivity index (χ0n) is 8.39. The fourth-order valence-electron chi connectivity index (χ4n) is 1.48. The maximum absolute atomic E-state index is 5.72. The standard InChI is InChI=1S/C12H14N2O/c13-9-4-6-11(7-5-9)15-12-3-1-2-10(14)8-12/h1-2,4-8,12H,3,13-14H2. The van der Waals surface area contributed by atoms with Crippen molar-refractivity contribution < 1.29 is 4.74 Å². The van der Waals surface area contributed by atoms with Gasteiger partial charge in [-0.1, -0.05) is 6.08 Å². The average molecular weight is 202 g/mol. The quantitative estimate of drug-likeness (QED) is 0.719. The first kappa shape index (κ1) is 9.65. The molecule has 0 saturated heterocycles. The number of allylic oxidation sites excluding steroid dienone is 1. The van der Waals surface area contributed by atoms with E-state index in [1.54, 1.807) is 0 Å². The summed E-state index contributed by atoms with van der Waals surface area (Å²) in [5, 5.41) is 0. The third-order valence-corrected chi connectivity index (χ3v) is 2.22. The number of nitrogens with two attached hydrogens (primary N) is 2. The van der Waals surface area contributed by atoms with Crippen molar-refractivity contribution in [3.8, 4) is 5.75 Å². The molecule has 3 heteroatoms. The molecular weight excluding hydrogens is 188 g/mol. The molecule has 3 nitrogen and oxygen atoms in total. The van der Waals surface area contributed by atoms with Crippen molar-refractivity contribution in [1.29, 1.82) is 0 Å². The summed E-state index contributed by atoms with van der Waals surface area (Å²) in [5.41, 5.74) is 12.7. The van der Waals surface area contributed by atoms with Crippen LogP contribution in [0.2, 0.25) is 0 Å². The normalized spacial score (nSPS) is 19.7. The SMILES string of the molecule is NC1=CC(Oc2ccc(N)cc2)CC=C1. The van der Waals surface area contributed by atoms with Crippen LogP contribution in [0.5, 0.6) is 5.75 Å². The molecule has 0 saturated carbocycles. The van der Waals surface area contributed by atoms with Gasteiger partial charge >= 0.3 is 0 Å². The molecule has 0 aliphatic heterocycles. The highest BCUT2D eigenvalue weighted by Gasteiger charge is 2.09. The van der Waals surface area contributed by atoms with Crippen molar-refractivity contribution in [3.63, 3.8) is 0 Å². The molecule has 0 fully saturated rings. The number of anilines is 1. The van der Waals surface area contributed by atoms with Gasteiger partial charge in [0, 0.05) is 17.8 Å². The summed E-state index contributed by atoms with van der Waals surface area (Å²) in [6.45, 7) is 0. The van der Waals surface area contributed by atoms with Crippen LogP contribution in [0.15, 0.2) is 48.2 Å². The zero-order chi connectivity index (χ0) is 10.7. The minimum atomic E-state index is 0.0265. The number of rotatable bonds is 2. The summed E-state index contributed by atoms with van der Waals surface area (Å²) < 4.78 is 5.72. The Morgan fingerprint density at radius 1 is 1.13 bits per heavy atom. The monoisotopic (exact) mass is 202 g/mol. The van der Waals surface area contributed by atoms with Crippen molar-refractivity contribution >= 4 is 5.69 Å². The average Bonchev–Trinajstić information content (AvgIpc) is 2.22. The third kappa shape index (κ3) is 2.53. The van der Waals surface area contributed by atoms with Gasteiger partial charge in [0.05, 0.1) is 0 Å². The van der Waals surface area contributed by atoms with E-state index < -0.39 is 0 Å². The lowest BCUT2D eigenvalue weighted by Gasteiger charge is -2.17. The van der Waals surface area contributed by atoms with Crippen molar-refractivity contribution in [2.75, 3.05) is 5.73 Å². The predicted molar refractivity (Wildman–Crippen MR) is 61.3 cm³/mol. The summed E-state index contributed by atoms with van der Waals surface area (Å²) in [6.07, 6.45) is 6.69. The van der Waals surface area contributed by atoms with E-state index in [1.165, 1.54) is 0 Å². The van der Waals surface area contributed by atoms with Gasteiger partial charge in [-0.25, -0.2) is 0 Å². The van der Waals surface area contributed by atoms with E-state index in [2.05, 4.69) is 0 Å². The molecule has 1 aromatic rings. The molecule has 1 aromatic carbocycles. The number of hydrogen-bond acceptors (Lipinski definition) is 3. The van der Waals surface area contributed by atoms with E-state index in [1.807, 2.05) is 42.5 Å². The lowest BCUT2D eigenvalue weighted by molar-refractivity contribution is 0.250. The maximum Gasteiger partial charge on any atom is 0.123 e. The first-order chi connectivity index (χ1) is 7.24. The van der Waals surface area contributed by atoms with Crippen LogP contribution in [0, 0.1) is 0 Å². The molecule has 0 heterocycles. The Labute approximate surface area is 89.0 Å². The van der Waals surface area contributed by atoms with Gasteiger partial charge in [-0.2, -0.15) is 0 Å². The van der Waals surface area contributed by atoms with E-state index in [4.69, 9.17) is 16.2 Å². The largest absolute Gasteiger partial charge is 0.486 e. The molecule has 0 radical (unpaired) electrons. The molecule has 0 aromatic heterocycles. The van der Waals surface area contributed by atoms with Crippen LogP contribution in [-0.2, 0) is 0 Å². The van der Waals surface area contributed by atoms with Crippen molar-refractivity contribution in [1.82, 2.24) is 0 Å². The summed E-state index contributed by atoms with van der Waals surface area (Å²) >= 11 is 0. The van der Waals surface area contributed by atoms with Crippen LogP contribution in [0.1, 0.15) is 6.42 Å². The molecule has 1 aliphatic rings. The first-order valence-electron chi connectivity index (χ1n) is 4.90. The Hall–Kier alpha value is -1.90. The Balaban J connectivity index is 2.03. The van der Waals surface area contributed by atoms with Gasteiger partial charge in [-0.3, -0.25) is 0 Å². The maximum atomic E-state index is 5.72. The second-order valence-electron chi connectivity index (χ2n) is 3.53. The van der Waals surface area contributed by atoms with Crippen LogP contribution in [0.25, 0.3) is 0 Å². The highest BCUT2D eigenvalue weighted by molar-refractivity contribution is 5.41. The van der Waals surface area contributed by atoms with Gasteiger partial charge in [0.25, 0.3) is 0 Å². The van der Waals surface area contributed by atoms with Gasteiger partial charge in [0.2, 0.25) is 0 Å². The van der Waals surface area contributed by atoms with Crippen molar-refractivity contribution in [2.24, 2.45) is 5.73 Å².